The van der Waals surface area contributed by atoms with Crippen LogP contribution in [-0.4, -0.2) is 32.3 Å². The summed E-state index contributed by atoms with van der Waals surface area (Å²) in [5.74, 6) is -0.232. The van der Waals surface area contributed by atoms with Gasteiger partial charge in [0.15, 0.2) is 0 Å². The molecule has 0 atom stereocenters. The quantitative estimate of drug-likeness (QED) is 0.694. The molecule has 0 aromatic heterocycles. The van der Waals surface area contributed by atoms with Crippen LogP contribution in [0.4, 0.5) is 5.69 Å². The number of sulfonamides is 1. The summed E-state index contributed by atoms with van der Waals surface area (Å²) in [5.41, 5.74) is 2.06. The number of hydrogen-bond donors (Lipinski definition) is 2. The minimum absolute atomic E-state index is 0.0498. The molecular formula is C24H31N3O4S. The fraction of sp³-hybridized carbons (Fsp3) is 0.417. The number of benzene rings is 2. The molecule has 32 heavy (non-hydrogen) atoms. The Labute approximate surface area is 190 Å². The summed E-state index contributed by atoms with van der Waals surface area (Å²) < 4.78 is 27.9. The van der Waals surface area contributed by atoms with E-state index in [2.05, 4.69) is 10.0 Å². The van der Waals surface area contributed by atoms with Crippen molar-refractivity contribution in [3.05, 3.63) is 59.2 Å². The van der Waals surface area contributed by atoms with Gasteiger partial charge in [0.05, 0.1) is 4.90 Å². The molecule has 1 saturated heterocycles. The van der Waals surface area contributed by atoms with E-state index in [0.717, 1.165) is 24.1 Å². The minimum atomic E-state index is -3.75. The number of nitrogens with one attached hydrogen (secondary N) is 2. The van der Waals surface area contributed by atoms with Crippen molar-refractivity contribution in [2.75, 3.05) is 11.4 Å². The Balaban J connectivity index is 1.74. The highest BCUT2D eigenvalue weighted by Crippen LogP contribution is 2.22. The monoisotopic (exact) mass is 457 g/mol. The zero-order chi connectivity index (χ0) is 23.5. The molecular weight excluding hydrogens is 426 g/mol. The second-order valence-corrected chi connectivity index (χ2v) is 10.9. The van der Waals surface area contributed by atoms with E-state index >= 15 is 0 Å². The average molecular weight is 458 g/mol. The second kappa shape index (κ2) is 9.42. The van der Waals surface area contributed by atoms with Gasteiger partial charge in [0.25, 0.3) is 5.91 Å². The van der Waals surface area contributed by atoms with Crippen LogP contribution in [0.15, 0.2) is 47.4 Å². The molecule has 1 aliphatic rings. The Bertz CT molecular complexity index is 1120. The standard InChI is InChI=1S/C24H31N3O4S/c1-17-11-12-20(32(30,31)26-24(2,3)4)15-21(17)23(29)25-16-18-8-7-9-19(14-18)27-13-6-5-10-22(27)28/h7-9,11-12,14-15,26H,5-6,10,13,16H2,1-4H3,(H,25,29). The molecule has 7 nitrogen and oxygen atoms in total. The second-order valence-electron chi connectivity index (χ2n) is 9.19. The van der Waals surface area contributed by atoms with Crippen molar-refractivity contribution in [2.45, 2.75) is 63.9 Å². The van der Waals surface area contributed by atoms with Crippen molar-refractivity contribution in [3.8, 4) is 0 Å². The summed E-state index contributed by atoms with van der Waals surface area (Å²) in [4.78, 5) is 26.9. The van der Waals surface area contributed by atoms with E-state index < -0.39 is 15.6 Å². The van der Waals surface area contributed by atoms with Gasteiger partial charge in [-0.3, -0.25) is 9.59 Å². The zero-order valence-corrected chi connectivity index (χ0v) is 19.9. The van der Waals surface area contributed by atoms with Crippen molar-refractivity contribution in [3.63, 3.8) is 0 Å². The molecule has 3 rings (SSSR count). The van der Waals surface area contributed by atoms with Crippen molar-refractivity contribution < 1.29 is 18.0 Å². The first-order chi connectivity index (χ1) is 15.0. The Hall–Kier alpha value is -2.71. The molecule has 2 aromatic carbocycles. The summed E-state index contributed by atoms with van der Waals surface area (Å²) in [7, 11) is -3.75. The maximum absolute atomic E-state index is 12.9. The number of nitrogens with zero attached hydrogens (tertiary/aromatic N) is 1. The van der Waals surface area contributed by atoms with Crippen LogP contribution < -0.4 is 14.9 Å². The van der Waals surface area contributed by atoms with Crippen LogP contribution in [0.1, 0.15) is 61.5 Å². The van der Waals surface area contributed by atoms with Crippen molar-refractivity contribution >= 4 is 27.5 Å². The predicted molar refractivity (Wildman–Crippen MR) is 125 cm³/mol. The van der Waals surface area contributed by atoms with Gasteiger partial charge in [-0.15, -0.1) is 0 Å². The molecule has 2 N–H and O–H groups in total. The van der Waals surface area contributed by atoms with Crippen LogP contribution in [-0.2, 0) is 21.4 Å². The minimum Gasteiger partial charge on any atom is -0.348 e. The highest BCUT2D eigenvalue weighted by atomic mass is 32.2. The molecule has 1 fully saturated rings. The number of hydrogen-bond acceptors (Lipinski definition) is 4. The lowest BCUT2D eigenvalue weighted by Gasteiger charge is -2.27. The summed E-state index contributed by atoms with van der Waals surface area (Å²) in [5, 5.41) is 2.87. The van der Waals surface area contributed by atoms with Crippen LogP contribution >= 0.6 is 0 Å². The predicted octanol–water partition coefficient (Wildman–Crippen LogP) is 3.52. The largest absolute Gasteiger partial charge is 0.348 e. The van der Waals surface area contributed by atoms with Crippen LogP contribution in [0.25, 0.3) is 0 Å². The Morgan fingerprint density at radius 2 is 1.84 bits per heavy atom. The Kier molecular flexibility index (Phi) is 7.05. The molecule has 172 valence electrons. The highest BCUT2D eigenvalue weighted by Gasteiger charge is 2.24. The van der Waals surface area contributed by atoms with Gasteiger partial charge in [-0.2, -0.15) is 0 Å². The lowest BCUT2D eigenvalue weighted by atomic mass is 10.1. The number of piperidine rings is 1. The van der Waals surface area contributed by atoms with E-state index in [-0.39, 0.29) is 23.3 Å². The molecule has 0 spiro atoms. The first-order valence-electron chi connectivity index (χ1n) is 10.8. The molecule has 1 heterocycles. The van der Waals surface area contributed by atoms with Gasteiger partial charge in [0.2, 0.25) is 15.9 Å². The third kappa shape index (κ3) is 5.95. The number of rotatable bonds is 6. The first-order valence-corrected chi connectivity index (χ1v) is 12.3. The number of amides is 2. The Morgan fingerprint density at radius 3 is 2.53 bits per heavy atom. The Morgan fingerprint density at radius 1 is 1.09 bits per heavy atom. The number of anilines is 1. The number of carbonyl (C=O) groups is 2. The summed E-state index contributed by atoms with van der Waals surface area (Å²) in [6, 6.07) is 12.1. The molecule has 8 heteroatoms. The van der Waals surface area contributed by atoms with E-state index in [9.17, 15) is 18.0 Å². The van der Waals surface area contributed by atoms with Gasteiger partial charge in [-0.25, -0.2) is 13.1 Å². The van der Waals surface area contributed by atoms with Gasteiger partial charge in [0, 0.05) is 36.3 Å². The number of carbonyl (C=O) groups excluding carboxylic acids is 2. The molecule has 2 amide bonds. The molecule has 0 radical (unpaired) electrons. The van der Waals surface area contributed by atoms with Crippen molar-refractivity contribution in [2.24, 2.45) is 0 Å². The first kappa shape index (κ1) is 23.9. The summed E-state index contributed by atoms with van der Waals surface area (Å²) in [6.07, 6.45) is 2.46. The third-order valence-corrected chi connectivity index (χ3v) is 6.96. The van der Waals surface area contributed by atoms with Crippen LogP contribution in [0.5, 0.6) is 0 Å². The van der Waals surface area contributed by atoms with Gasteiger partial charge in [-0.05, 0) is 75.9 Å². The molecule has 0 bridgehead atoms. The van der Waals surface area contributed by atoms with E-state index in [1.165, 1.54) is 12.1 Å². The smallest absolute Gasteiger partial charge is 0.251 e. The average Bonchev–Trinajstić information content (AvgIpc) is 2.71. The molecule has 1 aliphatic heterocycles. The van der Waals surface area contributed by atoms with E-state index in [1.807, 2.05) is 24.3 Å². The zero-order valence-electron chi connectivity index (χ0n) is 19.1. The summed E-state index contributed by atoms with van der Waals surface area (Å²) in [6.45, 7) is 8.03. The van der Waals surface area contributed by atoms with Crippen LogP contribution in [0, 0.1) is 6.92 Å². The van der Waals surface area contributed by atoms with Gasteiger partial charge >= 0.3 is 0 Å². The van der Waals surface area contributed by atoms with Gasteiger partial charge in [-0.1, -0.05) is 18.2 Å². The third-order valence-electron chi connectivity index (χ3n) is 5.20. The fourth-order valence-electron chi connectivity index (χ4n) is 3.67. The molecule has 0 aliphatic carbocycles. The van der Waals surface area contributed by atoms with Crippen LogP contribution in [0.2, 0.25) is 0 Å². The number of aryl methyl sites for hydroxylation is 1. The molecule has 0 unspecified atom stereocenters. The van der Waals surface area contributed by atoms with E-state index in [4.69, 9.17) is 0 Å². The maximum atomic E-state index is 12.9. The lowest BCUT2D eigenvalue weighted by molar-refractivity contribution is -0.119. The molecule has 0 saturated carbocycles. The lowest BCUT2D eigenvalue weighted by Crippen LogP contribution is -2.40. The van der Waals surface area contributed by atoms with Gasteiger partial charge in [0.1, 0.15) is 0 Å². The van der Waals surface area contributed by atoms with Crippen molar-refractivity contribution in [1.82, 2.24) is 10.0 Å². The summed E-state index contributed by atoms with van der Waals surface area (Å²) >= 11 is 0. The van der Waals surface area contributed by atoms with Crippen LogP contribution in [0.3, 0.4) is 0 Å². The molecule has 2 aromatic rings. The SMILES string of the molecule is Cc1ccc(S(=O)(=O)NC(C)(C)C)cc1C(=O)NCc1cccc(N2CCCCC2=O)c1. The topological polar surface area (TPSA) is 95.6 Å². The normalized spacial score (nSPS) is 15.0. The van der Waals surface area contributed by atoms with E-state index in [1.54, 1.807) is 38.7 Å². The van der Waals surface area contributed by atoms with E-state index in [0.29, 0.717) is 24.1 Å². The van der Waals surface area contributed by atoms with Crippen molar-refractivity contribution in [1.29, 1.82) is 0 Å². The highest BCUT2D eigenvalue weighted by molar-refractivity contribution is 7.89. The fourth-order valence-corrected chi connectivity index (χ4v) is 5.11. The maximum Gasteiger partial charge on any atom is 0.251 e. The van der Waals surface area contributed by atoms with Gasteiger partial charge < -0.3 is 10.2 Å².